The van der Waals surface area contributed by atoms with Crippen molar-refractivity contribution in [3.05, 3.63) is 229 Å². The normalized spacial score (nSPS) is 11.2. The van der Waals surface area contributed by atoms with Crippen LogP contribution in [0.15, 0.2) is 200 Å². The van der Waals surface area contributed by atoms with E-state index in [2.05, 4.69) is 201 Å². The molecule has 3 aromatic heterocycles. The van der Waals surface area contributed by atoms with E-state index in [9.17, 15) is 0 Å². The third-order valence-electron chi connectivity index (χ3n) is 12.1. The zero-order chi connectivity index (χ0) is 43.1. The monoisotopic (exact) mass is 928 g/mol. The van der Waals surface area contributed by atoms with E-state index in [1.165, 1.54) is 11.1 Å². The minimum Gasteiger partial charge on any atom is -0.509 e. The average molecular weight is 929 g/mol. The van der Waals surface area contributed by atoms with Gasteiger partial charge in [0.2, 0.25) is 0 Å². The number of para-hydroxylation sites is 1. The topological polar surface area (TPSA) is 44.9 Å². The zero-order valence-electron chi connectivity index (χ0n) is 36.1. The van der Waals surface area contributed by atoms with Crippen LogP contribution in [0.5, 0.6) is 11.5 Å². The van der Waals surface area contributed by atoms with E-state index in [4.69, 9.17) is 14.8 Å². The summed E-state index contributed by atoms with van der Waals surface area (Å²) in [4.78, 5) is 4.75. The van der Waals surface area contributed by atoms with Gasteiger partial charge in [0.15, 0.2) is 0 Å². The zero-order valence-corrected chi connectivity index (χ0v) is 37.6. The molecular weight excluding hydrogens is 887 g/mol. The van der Waals surface area contributed by atoms with Crippen LogP contribution in [-0.2, 0) is 20.4 Å². The van der Waals surface area contributed by atoms with Crippen molar-refractivity contribution in [2.75, 3.05) is 0 Å². The fourth-order valence-electron chi connectivity index (χ4n) is 9.22. The molecule has 0 radical (unpaired) electrons. The molecule has 11 rings (SSSR count). The molecule has 3 heterocycles. The van der Waals surface area contributed by atoms with Crippen LogP contribution in [0.1, 0.15) is 17.0 Å². The fourth-order valence-corrected chi connectivity index (χ4v) is 9.22. The quantitative estimate of drug-likeness (QED) is 0.107. The minimum absolute atomic E-state index is 0. The van der Waals surface area contributed by atoms with Gasteiger partial charge in [0, 0.05) is 40.0 Å². The van der Waals surface area contributed by atoms with E-state index in [1.54, 1.807) is 0 Å². The number of nitrogens with zero attached hydrogens (tertiary/aromatic N) is 4. The maximum atomic E-state index is 6.61. The van der Waals surface area contributed by atoms with E-state index in [0.717, 1.165) is 94.8 Å². The molecule has 11 aromatic rings. The number of fused-ring (bicyclic) bond motifs is 3. The molecule has 0 aliphatic heterocycles. The first-order chi connectivity index (χ1) is 31.5. The molecule has 8 aromatic carbocycles. The Bertz CT molecular complexity index is 3490. The van der Waals surface area contributed by atoms with Gasteiger partial charge in [-0.2, -0.15) is 17.2 Å². The number of aryl methyl sites for hydroxylation is 2. The van der Waals surface area contributed by atoms with Crippen molar-refractivity contribution >= 4 is 21.8 Å². The van der Waals surface area contributed by atoms with Crippen molar-refractivity contribution in [3.63, 3.8) is 0 Å². The molecule has 5 nitrogen and oxygen atoms in total. The number of pyridine rings is 1. The second-order valence-corrected chi connectivity index (χ2v) is 16.1. The second-order valence-electron chi connectivity index (χ2n) is 16.1. The van der Waals surface area contributed by atoms with Crippen molar-refractivity contribution in [2.45, 2.75) is 20.8 Å². The molecule has 6 heteroatoms. The Balaban J connectivity index is 0.00000498. The minimum atomic E-state index is 0. The second kappa shape index (κ2) is 17.5. The van der Waals surface area contributed by atoms with E-state index in [1.807, 2.05) is 41.2 Å². The summed E-state index contributed by atoms with van der Waals surface area (Å²) in [6.07, 6.45) is 1.85. The standard InChI is InChI=1S/C59H42N4O.Pd/c1-39-33-34-60-55(35-39)62-53-30-17-16-29-49(53)50-32-31-48(37-54(50)62)64-47-28-18-27-46(36-47)63-41(3)56(40(2)61-63)59-52(43-21-10-5-11-22-43)38-51(42-19-8-4-9-20-42)57(44-23-12-6-13-24-44)58(59)45-25-14-7-15-26-45;/h4-35,38H,1-3H3;/q-2;+2. The number of aromatic nitrogens is 4. The predicted octanol–water partition coefficient (Wildman–Crippen LogP) is 15.0. The van der Waals surface area contributed by atoms with Gasteiger partial charge >= 0.3 is 20.4 Å². The smallest absolute Gasteiger partial charge is 0.509 e. The fraction of sp³-hybridized carbons (Fsp3) is 0.0508. The molecule has 0 amide bonds. The molecule has 0 N–H and O–H groups in total. The maximum absolute atomic E-state index is 6.61. The van der Waals surface area contributed by atoms with Crippen molar-refractivity contribution < 1.29 is 25.2 Å². The number of rotatable bonds is 9. The summed E-state index contributed by atoms with van der Waals surface area (Å²) in [5, 5.41) is 7.50. The molecule has 0 spiro atoms. The van der Waals surface area contributed by atoms with Crippen LogP contribution in [0.25, 0.3) is 88.9 Å². The first-order valence-corrected chi connectivity index (χ1v) is 21.6. The van der Waals surface area contributed by atoms with Gasteiger partial charge in [-0.05, 0) is 106 Å². The molecule has 0 aliphatic carbocycles. The molecule has 0 aliphatic rings. The Kier molecular flexibility index (Phi) is 11.2. The summed E-state index contributed by atoms with van der Waals surface area (Å²) in [5.74, 6) is 1.98. The van der Waals surface area contributed by atoms with Gasteiger partial charge in [-0.15, -0.1) is 35.7 Å². The molecular formula is C59H42N4OPd. The van der Waals surface area contributed by atoms with Gasteiger partial charge in [-0.1, -0.05) is 145 Å². The van der Waals surface area contributed by atoms with Crippen LogP contribution in [-0.4, -0.2) is 19.3 Å². The van der Waals surface area contributed by atoms with Crippen molar-refractivity contribution in [1.82, 2.24) is 19.3 Å². The Morgan fingerprint density at radius 2 is 1.06 bits per heavy atom. The average Bonchev–Trinajstić information content (AvgIpc) is 3.83. The molecule has 314 valence electrons. The SMILES string of the molecule is Cc1ccnc(-n2c3[c-]c(Oc4[c-]c(-n5nc(C)c(-c6c(-c7ccccc7)cc(-c7ccccc7)c(-c7ccccc7)c6-c6ccccc6)c5C)ccc4)ccc3c3ccccc32)c1.[Pd+2]. The van der Waals surface area contributed by atoms with Gasteiger partial charge in [-0.25, -0.2) is 4.98 Å². The van der Waals surface area contributed by atoms with Crippen LogP contribution in [0.4, 0.5) is 0 Å². The van der Waals surface area contributed by atoms with Crippen LogP contribution < -0.4 is 4.74 Å². The number of hydrogen-bond acceptors (Lipinski definition) is 3. The number of benzene rings is 8. The summed E-state index contributed by atoms with van der Waals surface area (Å²) in [7, 11) is 0. The summed E-state index contributed by atoms with van der Waals surface area (Å²) in [6.45, 7) is 6.36. The van der Waals surface area contributed by atoms with Crippen LogP contribution in [0.2, 0.25) is 0 Å². The third-order valence-corrected chi connectivity index (χ3v) is 12.1. The van der Waals surface area contributed by atoms with Crippen molar-refractivity contribution in [1.29, 1.82) is 0 Å². The van der Waals surface area contributed by atoms with Crippen molar-refractivity contribution in [2.24, 2.45) is 0 Å². The van der Waals surface area contributed by atoms with Gasteiger partial charge in [0.25, 0.3) is 0 Å². The van der Waals surface area contributed by atoms with Crippen LogP contribution in [0, 0.1) is 32.9 Å². The van der Waals surface area contributed by atoms with E-state index in [0.29, 0.717) is 11.5 Å². The number of ether oxygens (including phenoxy) is 1. The molecule has 0 fully saturated rings. The Labute approximate surface area is 392 Å². The number of hydrogen-bond donors (Lipinski definition) is 0. The van der Waals surface area contributed by atoms with E-state index >= 15 is 0 Å². The first-order valence-electron chi connectivity index (χ1n) is 21.6. The maximum Gasteiger partial charge on any atom is 2.00 e. The Hall–Kier alpha value is -7.62. The summed E-state index contributed by atoms with van der Waals surface area (Å²) < 4.78 is 10.8. The van der Waals surface area contributed by atoms with Gasteiger partial charge in [0.05, 0.1) is 5.69 Å². The first kappa shape index (κ1) is 41.4. The molecule has 0 unspecified atom stereocenters. The Morgan fingerprint density at radius 3 is 1.72 bits per heavy atom. The largest absolute Gasteiger partial charge is 2.00 e. The van der Waals surface area contributed by atoms with Gasteiger partial charge < -0.3 is 9.30 Å². The molecule has 65 heavy (non-hydrogen) atoms. The van der Waals surface area contributed by atoms with Crippen LogP contribution in [0.3, 0.4) is 0 Å². The van der Waals surface area contributed by atoms with Crippen molar-refractivity contribution in [3.8, 4) is 78.6 Å². The van der Waals surface area contributed by atoms with E-state index < -0.39 is 0 Å². The van der Waals surface area contributed by atoms with Gasteiger partial charge in [0.1, 0.15) is 5.82 Å². The molecule has 0 saturated heterocycles. The Morgan fingerprint density at radius 1 is 0.477 bits per heavy atom. The van der Waals surface area contributed by atoms with Gasteiger partial charge in [-0.3, -0.25) is 4.68 Å². The molecule has 0 saturated carbocycles. The summed E-state index contributed by atoms with van der Waals surface area (Å²) in [6, 6.07) is 75.1. The molecule has 0 atom stereocenters. The third kappa shape index (κ3) is 7.57. The van der Waals surface area contributed by atoms with Crippen LogP contribution >= 0.6 is 0 Å². The predicted molar refractivity (Wildman–Crippen MR) is 261 cm³/mol. The molecule has 0 bridgehead atoms. The summed E-state index contributed by atoms with van der Waals surface area (Å²) >= 11 is 0. The summed E-state index contributed by atoms with van der Waals surface area (Å²) in [5.41, 5.74) is 17.2. The van der Waals surface area contributed by atoms with E-state index in [-0.39, 0.29) is 20.4 Å².